The zero-order chi connectivity index (χ0) is 15.0. The first kappa shape index (κ1) is 14.3. The molecule has 0 aliphatic heterocycles. The maximum Gasteiger partial charge on any atom is 0.129 e. The van der Waals surface area contributed by atoms with Gasteiger partial charge >= 0.3 is 0 Å². The van der Waals surface area contributed by atoms with E-state index in [4.69, 9.17) is 0 Å². The van der Waals surface area contributed by atoms with Crippen LogP contribution in [-0.4, -0.2) is 5.11 Å². The Morgan fingerprint density at radius 3 is 2.29 bits per heavy atom. The lowest BCUT2D eigenvalue weighted by Crippen LogP contribution is -2.41. The Kier molecular flexibility index (Phi) is 3.58. The smallest absolute Gasteiger partial charge is 0.129 e. The van der Waals surface area contributed by atoms with Crippen LogP contribution in [0.5, 0.6) is 0 Å². The van der Waals surface area contributed by atoms with Gasteiger partial charge in [0.2, 0.25) is 0 Å². The summed E-state index contributed by atoms with van der Waals surface area (Å²) in [6, 6.07) is 13.5. The van der Waals surface area contributed by atoms with Crippen molar-refractivity contribution in [3.63, 3.8) is 0 Å². The average Bonchev–Trinajstić information content (AvgIpc) is 2.37. The van der Waals surface area contributed by atoms with Crippen molar-refractivity contribution < 1.29 is 9.50 Å². The molecule has 1 saturated carbocycles. The van der Waals surface area contributed by atoms with Gasteiger partial charge in [-0.2, -0.15) is 0 Å². The van der Waals surface area contributed by atoms with Crippen molar-refractivity contribution in [3.05, 3.63) is 70.5 Å². The summed E-state index contributed by atoms with van der Waals surface area (Å²) in [6.07, 6.45) is 2.11. The molecule has 110 valence electrons. The van der Waals surface area contributed by atoms with Gasteiger partial charge < -0.3 is 5.11 Å². The topological polar surface area (TPSA) is 20.2 Å². The first-order valence-electron chi connectivity index (χ1n) is 7.55. The third-order valence-electron chi connectivity index (χ3n) is 4.87. The molecule has 2 heteroatoms. The van der Waals surface area contributed by atoms with Gasteiger partial charge in [0, 0.05) is 11.0 Å². The Morgan fingerprint density at radius 1 is 1.10 bits per heavy atom. The average molecular weight is 284 g/mol. The van der Waals surface area contributed by atoms with Crippen LogP contribution in [0, 0.1) is 19.7 Å². The molecule has 1 N–H and O–H groups in total. The van der Waals surface area contributed by atoms with Gasteiger partial charge in [-0.15, -0.1) is 0 Å². The lowest BCUT2D eigenvalue weighted by atomic mass is 9.59. The highest BCUT2D eigenvalue weighted by Gasteiger charge is 2.46. The predicted octanol–water partition coefficient (Wildman–Crippen LogP) is 4.60. The van der Waals surface area contributed by atoms with Crippen LogP contribution in [-0.2, 0) is 5.41 Å². The van der Waals surface area contributed by atoms with E-state index in [1.807, 2.05) is 50.2 Å². The van der Waals surface area contributed by atoms with Gasteiger partial charge in [-0.05, 0) is 49.4 Å². The highest BCUT2D eigenvalue weighted by molar-refractivity contribution is 5.40. The first-order valence-corrected chi connectivity index (χ1v) is 7.55. The highest BCUT2D eigenvalue weighted by atomic mass is 19.1. The highest BCUT2D eigenvalue weighted by Crippen LogP contribution is 2.52. The molecule has 0 bridgehead atoms. The maximum atomic E-state index is 14.4. The lowest BCUT2D eigenvalue weighted by molar-refractivity contribution is 0.0239. The zero-order valence-electron chi connectivity index (χ0n) is 12.6. The van der Waals surface area contributed by atoms with E-state index in [1.54, 1.807) is 0 Å². The lowest BCUT2D eigenvalue weighted by Gasteiger charge is -2.46. The fourth-order valence-corrected chi connectivity index (χ4v) is 3.60. The van der Waals surface area contributed by atoms with Crippen molar-refractivity contribution in [3.8, 4) is 0 Å². The van der Waals surface area contributed by atoms with E-state index in [1.165, 1.54) is 6.07 Å². The number of aliphatic hydroxyl groups excluding tert-OH is 1. The summed E-state index contributed by atoms with van der Waals surface area (Å²) in [5.41, 5.74) is 2.97. The summed E-state index contributed by atoms with van der Waals surface area (Å²) in [7, 11) is 0. The monoisotopic (exact) mass is 284 g/mol. The van der Waals surface area contributed by atoms with E-state index in [0.717, 1.165) is 36.0 Å². The summed E-state index contributed by atoms with van der Waals surface area (Å²) in [6.45, 7) is 3.76. The largest absolute Gasteiger partial charge is 0.387 e. The third-order valence-corrected chi connectivity index (χ3v) is 4.87. The van der Waals surface area contributed by atoms with E-state index >= 15 is 0 Å². The molecule has 2 aromatic carbocycles. The Bertz CT molecular complexity index is 621. The Hall–Kier alpha value is -1.67. The van der Waals surface area contributed by atoms with Crippen LogP contribution >= 0.6 is 0 Å². The number of aliphatic hydroxyl groups is 1. The molecule has 1 atom stereocenters. The third kappa shape index (κ3) is 2.28. The summed E-state index contributed by atoms with van der Waals surface area (Å²) in [5.74, 6) is -0.290. The number of benzene rings is 2. The molecule has 21 heavy (non-hydrogen) atoms. The fraction of sp³-hybridized carbons (Fsp3) is 0.368. The molecule has 1 aliphatic rings. The van der Waals surface area contributed by atoms with E-state index < -0.39 is 6.10 Å². The molecular formula is C19H21FO. The van der Waals surface area contributed by atoms with E-state index in [9.17, 15) is 9.50 Å². The first-order chi connectivity index (χ1) is 10.0. The van der Waals surface area contributed by atoms with Gasteiger partial charge in [-0.3, -0.25) is 0 Å². The Labute approximate surface area is 125 Å². The molecule has 0 amide bonds. The normalized spacial score (nSPS) is 18.1. The van der Waals surface area contributed by atoms with Crippen LogP contribution in [0.2, 0.25) is 0 Å². The molecule has 1 nitrogen and oxygen atoms in total. The van der Waals surface area contributed by atoms with E-state index in [-0.39, 0.29) is 11.2 Å². The molecule has 1 aliphatic carbocycles. The number of rotatable bonds is 3. The van der Waals surface area contributed by atoms with E-state index in [2.05, 4.69) is 0 Å². The van der Waals surface area contributed by atoms with Crippen LogP contribution in [0.25, 0.3) is 0 Å². The molecule has 1 unspecified atom stereocenters. The molecule has 0 radical (unpaired) electrons. The second kappa shape index (κ2) is 5.27. The summed E-state index contributed by atoms with van der Waals surface area (Å²) >= 11 is 0. The van der Waals surface area contributed by atoms with Crippen LogP contribution in [0.3, 0.4) is 0 Å². The van der Waals surface area contributed by atoms with Gasteiger partial charge in [0.25, 0.3) is 0 Å². The van der Waals surface area contributed by atoms with Crippen molar-refractivity contribution in [2.45, 2.75) is 44.6 Å². The van der Waals surface area contributed by atoms with Crippen LogP contribution < -0.4 is 0 Å². The van der Waals surface area contributed by atoms with Gasteiger partial charge in [-0.1, -0.05) is 42.8 Å². The molecule has 0 aromatic heterocycles. The van der Waals surface area contributed by atoms with Gasteiger partial charge in [0.15, 0.2) is 0 Å². The second-order valence-corrected chi connectivity index (χ2v) is 6.26. The number of hydrogen-bond donors (Lipinski definition) is 1. The van der Waals surface area contributed by atoms with E-state index in [0.29, 0.717) is 5.56 Å². The minimum absolute atomic E-state index is 0.290. The molecule has 2 aromatic rings. The number of hydrogen-bond acceptors (Lipinski definition) is 1. The Balaban J connectivity index is 2.07. The van der Waals surface area contributed by atoms with Crippen LogP contribution in [0.4, 0.5) is 4.39 Å². The van der Waals surface area contributed by atoms with Crippen LogP contribution in [0.1, 0.15) is 47.6 Å². The minimum atomic E-state index is -0.783. The second-order valence-electron chi connectivity index (χ2n) is 6.26. The van der Waals surface area contributed by atoms with Gasteiger partial charge in [0.05, 0.1) is 6.10 Å². The predicted molar refractivity (Wildman–Crippen MR) is 82.8 cm³/mol. The minimum Gasteiger partial charge on any atom is -0.387 e. The molecule has 1 fully saturated rings. The standard InChI is InChI=1S/C19H21FO/c1-13-11-14(2)17(16(20)12-13)18(21)19(9-6-10-19)15-7-4-3-5-8-15/h3-5,7-8,11-12,18,21H,6,9-10H2,1-2H3. The van der Waals surface area contributed by atoms with Crippen molar-refractivity contribution in [1.29, 1.82) is 0 Å². The molecular weight excluding hydrogens is 263 g/mol. The van der Waals surface area contributed by atoms with Crippen molar-refractivity contribution in [1.82, 2.24) is 0 Å². The number of halogens is 1. The fourth-order valence-electron chi connectivity index (χ4n) is 3.60. The Morgan fingerprint density at radius 2 is 1.76 bits per heavy atom. The summed E-state index contributed by atoms with van der Waals surface area (Å²) < 4.78 is 14.4. The maximum absolute atomic E-state index is 14.4. The van der Waals surface area contributed by atoms with Gasteiger partial charge in [-0.25, -0.2) is 4.39 Å². The van der Waals surface area contributed by atoms with Crippen molar-refractivity contribution in [2.75, 3.05) is 0 Å². The summed E-state index contributed by atoms with van der Waals surface area (Å²) in [5, 5.41) is 11.0. The van der Waals surface area contributed by atoms with Crippen molar-refractivity contribution in [2.24, 2.45) is 0 Å². The summed E-state index contributed by atoms with van der Waals surface area (Å²) in [4.78, 5) is 0. The molecule has 0 spiro atoms. The molecule has 0 heterocycles. The van der Waals surface area contributed by atoms with Crippen LogP contribution in [0.15, 0.2) is 42.5 Å². The molecule has 0 saturated heterocycles. The quantitative estimate of drug-likeness (QED) is 0.873. The molecule has 3 rings (SSSR count). The van der Waals surface area contributed by atoms with Gasteiger partial charge in [0.1, 0.15) is 5.82 Å². The van der Waals surface area contributed by atoms with Crippen molar-refractivity contribution >= 4 is 0 Å². The SMILES string of the molecule is Cc1cc(C)c(C(O)C2(c3ccccc3)CCC2)c(F)c1. The number of aryl methyl sites for hydroxylation is 2. The zero-order valence-corrected chi connectivity index (χ0v) is 12.6.